The predicted octanol–water partition coefficient (Wildman–Crippen LogP) is 0.466. The van der Waals surface area contributed by atoms with E-state index >= 15 is 0 Å². The van der Waals surface area contributed by atoms with Gasteiger partial charge in [0.15, 0.2) is 6.29 Å². The first-order valence-electron chi connectivity index (χ1n) is 5.01. The van der Waals surface area contributed by atoms with Crippen molar-refractivity contribution in [3.63, 3.8) is 0 Å². The maximum atomic E-state index is 11.1. The van der Waals surface area contributed by atoms with Crippen molar-refractivity contribution in [1.29, 1.82) is 0 Å². The second-order valence-corrected chi connectivity index (χ2v) is 3.38. The van der Waals surface area contributed by atoms with Gasteiger partial charge in [-0.1, -0.05) is 0 Å². The number of hydrogen-bond acceptors (Lipinski definition) is 4. The van der Waals surface area contributed by atoms with E-state index in [-0.39, 0.29) is 5.91 Å². The molecule has 1 rings (SSSR count). The molecule has 1 N–H and O–H groups in total. The molecule has 0 aliphatic carbocycles. The molecule has 0 aliphatic heterocycles. The highest BCUT2D eigenvalue weighted by molar-refractivity contribution is 5.83. The Hall–Kier alpha value is -1.91. The van der Waals surface area contributed by atoms with Crippen LogP contribution in [0.1, 0.15) is 16.8 Å². The van der Waals surface area contributed by atoms with Crippen LogP contribution in [0.5, 0.6) is 0 Å². The molecule has 0 aliphatic rings. The molecule has 0 fully saturated rings. The first-order valence-corrected chi connectivity index (χ1v) is 5.01. The van der Waals surface area contributed by atoms with Crippen molar-refractivity contribution in [1.82, 2.24) is 10.3 Å². The second kappa shape index (κ2) is 5.85. The lowest BCUT2D eigenvalue weighted by atomic mass is 10.2. The first-order chi connectivity index (χ1) is 7.69. The molecule has 16 heavy (non-hydrogen) atoms. The Bertz CT molecular complexity index is 379. The van der Waals surface area contributed by atoms with Crippen LogP contribution in [-0.2, 0) is 4.79 Å². The fourth-order valence-corrected chi connectivity index (χ4v) is 1.32. The molecule has 1 aromatic rings. The summed E-state index contributed by atoms with van der Waals surface area (Å²) in [6.07, 6.45) is 2.76. The summed E-state index contributed by atoms with van der Waals surface area (Å²) in [6.45, 7) is 0.525. The SMILES string of the molecule is CNC(=O)CCN(C)c1ncccc1C=O. The molecule has 1 aromatic heterocycles. The van der Waals surface area contributed by atoms with Gasteiger partial charge >= 0.3 is 0 Å². The second-order valence-electron chi connectivity index (χ2n) is 3.38. The van der Waals surface area contributed by atoms with E-state index in [9.17, 15) is 9.59 Å². The number of aldehydes is 1. The molecular weight excluding hydrogens is 206 g/mol. The fourth-order valence-electron chi connectivity index (χ4n) is 1.32. The van der Waals surface area contributed by atoms with E-state index in [4.69, 9.17) is 0 Å². The average molecular weight is 221 g/mol. The van der Waals surface area contributed by atoms with Crippen molar-refractivity contribution in [3.05, 3.63) is 23.9 Å². The maximum absolute atomic E-state index is 11.1. The van der Waals surface area contributed by atoms with Crippen molar-refractivity contribution >= 4 is 18.0 Å². The summed E-state index contributed by atoms with van der Waals surface area (Å²) in [5, 5.41) is 2.54. The Labute approximate surface area is 94.5 Å². The van der Waals surface area contributed by atoms with Crippen LogP contribution in [-0.4, -0.2) is 37.8 Å². The minimum atomic E-state index is -0.0320. The molecule has 5 heteroatoms. The summed E-state index contributed by atoms with van der Waals surface area (Å²) in [4.78, 5) is 27.8. The number of hydrogen-bond donors (Lipinski definition) is 1. The van der Waals surface area contributed by atoms with E-state index in [1.807, 2.05) is 0 Å². The Balaban J connectivity index is 2.68. The topological polar surface area (TPSA) is 62.3 Å². The highest BCUT2D eigenvalue weighted by Gasteiger charge is 2.08. The third-order valence-corrected chi connectivity index (χ3v) is 2.26. The van der Waals surface area contributed by atoms with Crippen LogP contribution >= 0.6 is 0 Å². The molecule has 1 heterocycles. The van der Waals surface area contributed by atoms with Crippen LogP contribution in [0.2, 0.25) is 0 Å². The van der Waals surface area contributed by atoms with Gasteiger partial charge in [-0.25, -0.2) is 4.98 Å². The molecule has 0 spiro atoms. The number of nitrogens with zero attached hydrogens (tertiary/aromatic N) is 2. The van der Waals surface area contributed by atoms with E-state index in [0.29, 0.717) is 24.3 Å². The van der Waals surface area contributed by atoms with Crippen LogP contribution in [0, 0.1) is 0 Å². The normalized spacial score (nSPS) is 9.62. The van der Waals surface area contributed by atoms with E-state index in [1.165, 1.54) is 0 Å². The van der Waals surface area contributed by atoms with Gasteiger partial charge in [0.25, 0.3) is 0 Å². The van der Waals surface area contributed by atoms with Crippen LogP contribution < -0.4 is 10.2 Å². The smallest absolute Gasteiger partial charge is 0.221 e. The number of nitrogens with one attached hydrogen (secondary N) is 1. The van der Waals surface area contributed by atoms with Crippen molar-refractivity contribution in [2.45, 2.75) is 6.42 Å². The molecule has 86 valence electrons. The van der Waals surface area contributed by atoms with E-state index in [0.717, 1.165) is 6.29 Å². The zero-order chi connectivity index (χ0) is 12.0. The number of amides is 1. The molecule has 0 bridgehead atoms. The molecular formula is C11H15N3O2. The number of anilines is 1. The van der Waals surface area contributed by atoms with Crippen LogP contribution in [0.25, 0.3) is 0 Å². The van der Waals surface area contributed by atoms with E-state index in [1.54, 1.807) is 37.3 Å². The molecule has 5 nitrogen and oxygen atoms in total. The Morgan fingerprint density at radius 2 is 2.38 bits per heavy atom. The molecule has 0 unspecified atom stereocenters. The van der Waals surface area contributed by atoms with Gasteiger partial charge in [0.2, 0.25) is 5.91 Å². The van der Waals surface area contributed by atoms with Crippen LogP contribution in [0.3, 0.4) is 0 Å². The lowest BCUT2D eigenvalue weighted by molar-refractivity contribution is -0.120. The zero-order valence-electron chi connectivity index (χ0n) is 9.43. The number of pyridine rings is 1. The van der Waals surface area contributed by atoms with Gasteiger partial charge in [-0.05, 0) is 12.1 Å². The third kappa shape index (κ3) is 3.05. The summed E-state index contributed by atoms with van der Waals surface area (Å²) in [5.74, 6) is 0.567. The number of carbonyl (C=O) groups is 2. The Morgan fingerprint density at radius 3 is 3.00 bits per heavy atom. The Kier molecular flexibility index (Phi) is 4.44. The van der Waals surface area contributed by atoms with Gasteiger partial charge in [-0.2, -0.15) is 0 Å². The molecule has 0 saturated carbocycles. The lowest BCUT2D eigenvalue weighted by Crippen LogP contribution is -2.27. The van der Waals surface area contributed by atoms with Crippen molar-refractivity contribution in [2.24, 2.45) is 0 Å². The quantitative estimate of drug-likeness (QED) is 0.734. The van der Waals surface area contributed by atoms with Crippen LogP contribution in [0.4, 0.5) is 5.82 Å². The fraction of sp³-hybridized carbons (Fsp3) is 0.364. The maximum Gasteiger partial charge on any atom is 0.221 e. The van der Waals surface area contributed by atoms with Gasteiger partial charge in [0.1, 0.15) is 5.82 Å². The van der Waals surface area contributed by atoms with E-state index < -0.39 is 0 Å². The minimum absolute atomic E-state index is 0.0320. The summed E-state index contributed by atoms with van der Waals surface area (Å²) in [5.41, 5.74) is 0.530. The van der Waals surface area contributed by atoms with Crippen LogP contribution in [0.15, 0.2) is 18.3 Å². The highest BCUT2D eigenvalue weighted by Crippen LogP contribution is 2.13. The number of rotatable bonds is 5. The number of carbonyl (C=O) groups excluding carboxylic acids is 2. The van der Waals surface area contributed by atoms with Gasteiger partial charge in [-0.3, -0.25) is 9.59 Å². The summed E-state index contributed by atoms with van der Waals surface area (Å²) < 4.78 is 0. The third-order valence-electron chi connectivity index (χ3n) is 2.26. The van der Waals surface area contributed by atoms with Gasteiger partial charge < -0.3 is 10.2 Å². The van der Waals surface area contributed by atoms with Gasteiger partial charge in [0.05, 0.1) is 5.56 Å². The molecule has 0 radical (unpaired) electrons. The molecule has 1 amide bonds. The zero-order valence-corrected chi connectivity index (χ0v) is 9.43. The van der Waals surface area contributed by atoms with Gasteiger partial charge in [0, 0.05) is 33.3 Å². The summed E-state index contributed by atoms with van der Waals surface area (Å²) >= 11 is 0. The largest absolute Gasteiger partial charge is 0.359 e. The van der Waals surface area contributed by atoms with Gasteiger partial charge in [-0.15, -0.1) is 0 Å². The standard InChI is InChI=1S/C11H15N3O2/c1-12-10(16)5-7-14(2)11-9(8-15)4-3-6-13-11/h3-4,6,8H,5,7H2,1-2H3,(H,12,16). The molecule has 0 atom stereocenters. The molecule has 0 saturated heterocycles. The van der Waals surface area contributed by atoms with Crippen molar-refractivity contribution in [3.8, 4) is 0 Å². The lowest BCUT2D eigenvalue weighted by Gasteiger charge is -2.18. The van der Waals surface area contributed by atoms with E-state index in [2.05, 4.69) is 10.3 Å². The van der Waals surface area contributed by atoms with Crippen molar-refractivity contribution < 1.29 is 9.59 Å². The minimum Gasteiger partial charge on any atom is -0.359 e. The summed E-state index contributed by atoms with van der Waals surface area (Å²) in [6, 6.07) is 3.41. The van der Waals surface area contributed by atoms with Crippen molar-refractivity contribution in [2.75, 3.05) is 25.5 Å². The monoisotopic (exact) mass is 221 g/mol. The highest BCUT2D eigenvalue weighted by atomic mass is 16.1. The Morgan fingerprint density at radius 1 is 1.62 bits per heavy atom. The molecule has 0 aromatic carbocycles. The first kappa shape index (κ1) is 12.2. The predicted molar refractivity (Wildman–Crippen MR) is 61.6 cm³/mol. The number of aromatic nitrogens is 1. The summed E-state index contributed by atoms with van der Waals surface area (Å²) in [7, 11) is 3.40. The average Bonchev–Trinajstić information content (AvgIpc) is 2.35.